The first-order valence-electron chi connectivity index (χ1n) is 7.22. The Morgan fingerprint density at radius 3 is 2.89 bits per heavy atom. The molecule has 2 aliphatic heterocycles. The molecule has 4 nitrogen and oxygen atoms in total. The summed E-state index contributed by atoms with van der Waals surface area (Å²) in [4.78, 5) is 2.39. The van der Waals surface area contributed by atoms with E-state index in [0.29, 0.717) is 6.61 Å². The molecule has 0 saturated carbocycles. The predicted molar refractivity (Wildman–Crippen MR) is 76.0 cm³/mol. The minimum absolute atomic E-state index is 0.274. The number of rotatable bonds is 4. The third-order valence-electron chi connectivity index (χ3n) is 3.77. The van der Waals surface area contributed by atoms with Gasteiger partial charge in [-0.05, 0) is 25.0 Å². The van der Waals surface area contributed by atoms with Crippen LogP contribution in [-0.2, 0) is 4.74 Å². The van der Waals surface area contributed by atoms with E-state index in [-0.39, 0.29) is 6.10 Å². The molecule has 0 radical (unpaired) electrons. The Kier molecular flexibility index (Phi) is 4.20. The number of hydrogen-bond acceptors (Lipinski definition) is 4. The van der Waals surface area contributed by atoms with Crippen molar-refractivity contribution in [2.45, 2.75) is 18.9 Å². The van der Waals surface area contributed by atoms with Crippen molar-refractivity contribution in [3.63, 3.8) is 0 Å². The molecule has 0 bridgehead atoms. The second kappa shape index (κ2) is 6.26. The molecule has 2 saturated heterocycles. The zero-order chi connectivity index (χ0) is 12.9. The van der Waals surface area contributed by atoms with Gasteiger partial charge in [0.05, 0.1) is 11.8 Å². The van der Waals surface area contributed by atoms with E-state index in [2.05, 4.69) is 28.4 Å². The summed E-state index contributed by atoms with van der Waals surface area (Å²) in [7, 11) is 0. The van der Waals surface area contributed by atoms with Gasteiger partial charge in [0, 0.05) is 32.8 Å². The molecule has 1 unspecified atom stereocenters. The molecule has 4 heteroatoms. The first-order chi connectivity index (χ1) is 9.43. The van der Waals surface area contributed by atoms with Crippen LogP contribution in [0.2, 0.25) is 0 Å². The molecule has 1 atom stereocenters. The summed E-state index contributed by atoms with van der Waals surface area (Å²) in [5, 5.41) is 3.38. The highest BCUT2D eigenvalue weighted by Crippen LogP contribution is 2.28. The standard InChI is InChI=1S/C15H22N2O2/c1-2-6-15(19-12-13-4-3-11-18-13)14(5-1)17-9-7-16-8-10-17/h1-2,5-6,13,16H,3-4,7-12H2. The molecule has 2 fully saturated rings. The SMILES string of the molecule is c1ccc(N2CCNCC2)c(OCC2CCCO2)c1. The molecule has 2 heterocycles. The number of piperazine rings is 1. The van der Waals surface area contributed by atoms with Gasteiger partial charge >= 0.3 is 0 Å². The van der Waals surface area contributed by atoms with Gasteiger partial charge in [-0.1, -0.05) is 12.1 Å². The van der Waals surface area contributed by atoms with Gasteiger partial charge in [-0.15, -0.1) is 0 Å². The Hall–Kier alpha value is -1.26. The average Bonchev–Trinajstić information content (AvgIpc) is 3.00. The number of ether oxygens (including phenoxy) is 2. The molecule has 2 aliphatic rings. The summed E-state index contributed by atoms with van der Waals surface area (Å²) in [5.74, 6) is 0.986. The maximum atomic E-state index is 5.99. The van der Waals surface area contributed by atoms with Crippen LogP contribution in [-0.4, -0.2) is 45.5 Å². The van der Waals surface area contributed by atoms with Gasteiger partial charge in [0.15, 0.2) is 0 Å². The van der Waals surface area contributed by atoms with E-state index < -0.39 is 0 Å². The number of anilines is 1. The Morgan fingerprint density at radius 1 is 1.26 bits per heavy atom. The molecule has 19 heavy (non-hydrogen) atoms. The second-order valence-corrected chi connectivity index (χ2v) is 5.15. The van der Waals surface area contributed by atoms with E-state index in [9.17, 15) is 0 Å². The van der Waals surface area contributed by atoms with Crippen molar-refractivity contribution in [1.29, 1.82) is 0 Å². The van der Waals surface area contributed by atoms with Crippen molar-refractivity contribution in [3.05, 3.63) is 24.3 Å². The van der Waals surface area contributed by atoms with Gasteiger partial charge in [-0.2, -0.15) is 0 Å². The number of hydrogen-bond donors (Lipinski definition) is 1. The summed E-state index contributed by atoms with van der Waals surface area (Å²) in [6.45, 7) is 5.72. The maximum Gasteiger partial charge on any atom is 0.142 e. The van der Waals surface area contributed by atoms with Crippen molar-refractivity contribution in [3.8, 4) is 5.75 Å². The molecule has 0 spiro atoms. The van der Waals surface area contributed by atoms with Gasteiger partial charge in [-0.3, -0.25) is 0 Å². The van der Waals surface area contributed by atoms with Gasteiger partial charge in [0.2, 0.25) is 0 Å². The van der Waals surface area contributed by atoms with E-state index in [1.54, 1.807) is 0 Å². The summed E-state index contributed by atoms with van der Waals surface area (Å²) < 4.78 is 11.6. The average molecular weight is 262 g/mol. The Morgan fingerprint density at radius 2 is 2.11 bits per heavy atom. The van der Waals surface area contributed by atoms with Crippen molar-refractivity contribution >= 4 is 5.69 Å². The monoisotopic (exact) mass is 262 g/mol. The van der Waals surface area contributed by atoms with Crippen LogP contribution in [0.5, 0.6) is 5.75 Å². The van der Waals surface area contributed by atoms with Crippen molar-refractivity contribution < 1.29 is 9.47 Å². The fraction of sp³-hybridized carbons (Fsp3) is 0.600. The van der Waals surface area contributed by atoms with Crippen LogP contribution in [0.1, 0.15) is 12.8 Å². The first kappa shape index (κ1) is 12.8. The quantitative estimate of drug-likeness (QED) is 0.894. The van der Waals surface area contributed by atoms with Crippen LogP contribution in [0.25, 0.3) is 0 Å². The van der Waals surface area contributed by atoms with E-state index in [1.165, 1.54) is 5.69 Å². The highest BCUT2D eigenvalue weighted by Gasteiger charge is 2.18. The molecule has 104 valence electrons. The Labute approximate surface area is 114 Å². The number of benzene rings is 1. The summed E-state index contributed by atoms with van der Waals surface area (Å²) in [6.07, 6.45) is 2.56. The van der Waals surface area contributed by atoms with Crippen molar-refractivity contribution in [2.24, 2.45) is 0 Å². The van der Waals surface area contributed by atoms with Crippen LogP contribution in [0.15, 0.2) is 24.3 Å². The number of nitrogens with one attached hydrogen (secondary N) is 1. The molecular formula is C15H22N2O2. The van der Waals surface area contributed by atoms with E-state index in [4.69, 9.17) is 9.47 Å². The maximum absolute atomic E-state index is 5.99. The Balaban J connectivity index is 1.65. The van der Waals surface area contributed by atoms with E-state index in [0.717, 1.165) is 51.4 Å². The highest BCUT2D eigenvalue weighted by molar-refractivity contribution is 5.58. The minimum Gasteiger partial charge on any atom is -0.489 e. The van der Waals surface area contributed by atoms with Crippen LogP contribution >= 0.6 is 0 Å². The van der Waals surface area contributed by atoms with Gasteiger partial charge in [-0.25, -0.2) is 0 Å². The normalized spacial score (nSPS) is 23.6. The Bertz CT molecular complexity index is 399. The third-order valence-corrected chi connectivity index (χ3v) is 3.77. The van der Waals surface area contributed by atoms with Gasteiger partial charge in [0.25, 0.3) is 0 Å². The van der Waals surface area contributed by atoms with Crippen molar-refractivity contribution in [1.82, 2.24) is 5.32 Å². The zero-order valence-corrected chi connectivity index (χ0v) is 11.3. The number of para-hydroxylation sites is 2. The lowest BCUT2D eigenvalue weighted by atomic mass is 10.2. The summed E-state index contributed by atoms with van der Waals surface area (Å²) in [5.41, 5.74) is 1.21. The molecular weight excluding hydrogens is 240 g/mol. The first-order valence-corrected chi connectivity index (χ1v) is 7.22. The van der Waals surface area contributed by atoms with E-state index >= 15 is 0 Å². The lowest BCUT2D eigenvalue weighted by Gasteiger charge is -2.31. The summed E-state index contributed by atoms with van der Waals surface area (Å²) >= 11 is 0. The second-order valence-electron chi connectivity index (χ2n) is 5.15. The smallest absolute Gasteiger partial charge is 0.142 e. The molecule has 0 aromatic heterocycles. The lowest BCUT2D eigenvalue weighted by Crippen LogP contribution is -2.43. The van der Waals surface area contributed by atoms with Crippen LogP contribution in [0.4, 0.5) is 5.69 Å². The molecule has 1 N–H and O–H groups in total. The number of nitrogens with zero attached hydrogens (tertiary/aromatic N) is 1. The highest BCUT2D eigenvalue weighted by atomic mass is 16.5. The van der Waals surface area contributed by atoms with Crippen LogP contribution < -0.4 is 15.0 Å². The minimum atomic E-state index is 0.274. The molecule has 1 aromatic carbocycles. The summed E-state index contributed by atoms with van der Waals surface area (Å²) in [6, 6.07) is 8.33. The molecule has 0 aliphatic carbocycles. The lowest BCUT2D eigenvalue weighted by molar-refractivity contribution is 0.0681. The van der Waals surface area contributed by atoms with Gasteiger partial charge < -0.3 is 19.7 Å². The zero-order valence-electron chi connectivity index (χ0n) is 11.3. The third kappa shape index (κ3) is 3.19. The predicted octanol–water partition coefficient (Wildman–Crippen LogP) is 1.65. The molecule has 3 rings (SSSR count). The molecule has 0 amide bonds. The molecule has 1 aromatic rings. The topological polar surface area (TPSA) is 33.7 Å². The van der Waals surface area contributed by atoms with E-state index in [1.807, 2.05) is 6.07 Å². The fourth-order valence-corrected chi connectivity index (χ4v) is 2.70. The van der Waals surface area contributed by atoms with Gasteiger partial charge in [0.1, 0.15) is 12.4 Å². The fourth-order valence-electron chi connectivity index (χ4n) is 2.70. The van der Waals surface area contributed by atoms with Crippen LogP contribution in [0, 0.1) is 0 Å². The van der Waals surface area contributed by atoms with Crippen molar-refractivity contribution in [2.75, 3.05) is 44.3 Å². The largest absolute Gasteiger partial charge is 0.489 e. The van der Waals surface area contributed by atoms with Crippen LogP contribution in [0.3, 0.4) is 0 Å².